The van der Waals surface area contributed by atoms with E-state index in [-0.39, 0.29) is 10.7 Å². The summed E-state index contributed by atoms with van der Waals surface area (Å²) in [5, 5.41) is 0.817. The zero-order valence-electron chi connectivity index (χ0n) is 16.3. The Balaban J connectivity index is 1.73. The van der Waals surface area contributed by atoms with E-state index in [1.54, 1.807) is 25.1 Å². The van der Waals surface area contributed by atoms with Crippen LogP contribution in [0, 0.1) is 6.92 Å². The summed E-state index contributed by atoms with van der Waals surface area (Å²) in [5.41, 5.74) is 4.65. The first kappa shape index (κ1) is 18.7. The van der Waals surface area contributed by atoms with Crippen LogP contribution in [0.5, 0.6) is 0 Å². The van der Waals surface area contributed by atoms with Gasteiger partial charge in [0.2, 0.25) is 0 Å². The Morgan fingerprint density at radius 2 is 1.79 bits per heavy atom. The van der Waals surface area contributed by atoms with Crippen LogP contribution in [0.3, 0.4) is 0 Å². The van der Waals surface area contributed by atoms with Crippen molar-refractivity contribution in [1.29, 1.82) is 0 Å². The third-order valence-electron chi connectivity index (χ3n) is 5.40. The zero-order chi connectivity index (χ0) is 20.1. The lowest BCUT2D eigenvalue weighted by Gasteiger charge is -2.12. The molecule has 2 aromatic carbocycles. The average molecular weight is 397 g/mol. The van der Waals surface area contributed by atoms with E-state index in [4.69, 9.17) is 0 Å². The van der Waals surface area contributed by atoms with Gasteiger partial charge in [-0.25, -0.2) is 8.42 Å². The Hall–Kier alpha value is -2.60. The molecule has 146 valence electrons. The van der Waals surface area contributed by atoms with Gasteiger partial charge in [0.1, 0.15) is 0 Å². The predicted octanol–water partition coefficient (Wildman–Crippen LogP) is 4.92. The highest BCUT2D eigenvalue weighted by atomic mass is 32.2. The molecule has 0 unspecified atom stereocenters. The van der Waals surface area contributed by atoms with Gasteiger partial charge in [-0.1, -0.05) is 26.0 Å². The number of rotatable bonds is 4. The van der Waals surface area contributed by atoms with Gasteiger partial charge in [-0.15, -0.1) is 0 Å². The highest BCUT2D eigenvalue weighted by molar-refractivity contribution is 7.92. The molecule has 0 bridgehead atoms. The van der Waals surface area contributed by atoms with Gasteiger partial charge in [0.25, 0.3) is 10.0 Å². The molecule has 6 heteroatoms. The molecule has 0 saturated heterocycles. The summed E-state index contributed by atoms with van der Waals surface area (Å²) in [4.78, 5) is 15.8. The number of benzene rings is 2. The minimum Gasteiger partial charge on any atom is -0.358 e. The van der Waals surface area contributed by atoms with Crippen LogP contribution in [0.15, 0.2) is 41.3 Å². The Labute approximate surface area is 165 Å². The molecule has 0 amide bonds. The molecule has 1 aromatic heterocycles. The van der Waals surface area contributed by atoms with Gasteiger partial charge >= 0.3 is 0 Å². The first-order chi connectivity index (χ1) is 13.3. The van der Waals surface area contributed by atoms with Crippen molar-refractivity contribution in [3.8, 4) is 0 Å². The molecule has 0 spiro atoms. The van der Waals surface area contributed by atoms with Gasteiger partial charge in [-0.05, 0) is 61.1 Å². The van der Waals surface area contributed by atoms with Crippen molar-refractivity contribution in [2.75, 3.05) is 4.72 Å². The van der Waals surface area contributed by atoms with E-state index in [1.807, 2.05) is 18.2 Å². The van der Waals surface area contributed by atoms with E-state index >= 15 is 0 Å². The van der Waals surface area contributed by atoms with E-state index in [0.717, 1.165) is 35.0 Å². The fourth-order valence-corrected chi connectivity index (χ4v) is 5.19. The first-order valence-electron chi connectivity index (χ1n) is 9.57. The maximum absolute atomic E-state index is 13.0. The normalized spacial score (nSPS) is 14.5. The molecule has 5 nitrogen and oxygen atoms in total. The van der Waals surface area contributed by atoms with Crippen LogP contribution in [0.25, 0.3) is 10.9 Å². The van der Waals surface area contributed by atoms with Crippen LogP contribution < -0.4 is 4.72 Å². The van der Waals surface area contributed by atoms with Gasteiger partial charge in [-0.3, -0.25) is 9.52 Å². The topological polar surface area (TPSA) is 79.0 Å². The molecular weight excluding hydrogens is 372 g/mol. The molecule has 0 aliphatic heterocycles. The largest absolute Gasteiger partial charge is 0.358 e. The van der Waals surface area contributed by atoms with Crippen LogP contribution in [0.4, 0.5) is 5.69 Å². The number of ketones is 1. The molecule has 0 atom stereocenters. The van der Waals surface area contributed by atoms with Gasteiger partial charge in [0.15, 0.2) is 5.78 Å². The van der Waals surface area contributed by atoms with E-state index in [0.29, 0.717) is 29.1 Å². The number of sulfonamides is 1. The van der Waals surface area contributed by atoms with Crippen molar-refractivity contribution < 1.29 is 13.2 Å². The predicted molar refractivity (Wildman–Crippen MR) is 112 cm³/mol. The Morgan fingerprint density at radius 1 is 1.07 bits per heavy atom. The third kappa shape index (κ3) is 3.22. The van der Waals surface area contributed by atoms with Gasteiger partial charge in [-0.2, -0.15) is 0 Å². The molecule has 0 fully saturated rings. The highest BCUT2D eigenvalue weighted by Gasteiger charge is 2.25. The second-order valence-electron chi connectivity index (χ2n) is 7.80. The zero-order valence-corrected chi connectivity index (χ0v) is 17.1. The lowest BCUT2D eigenvalue weighted by molar-refractivity contribution is 0.0974. The van der Waals surface area contributed by atoms with Crippen LogP contribution in [0.2, 0.25) is 0 Å². The molecular formula is C22H24N2O3S. The first-order valence-corrected chi connectivity index (χ1v) is 11.1. The number of fused-ring (bicyclic) bond motifs is 3. The second-order valence-corrected chi connectivity index (χ2v) is 9.45. The highest BCUT2D eigenvalue weighted by Crippen LogP contribution is 2.32. The number of anilines is 1. The second kappa shape index (κ2) is 6.78. The van der Waals surface area contributed by atoms with Crippen molar-refractivity contribution in [1.82, 2.24) is 4.98 Å². The Kier molecular flexibility index (Phi) is 4.54. The Bertz CT molecular complexity index is 1170. The van der Waals surface area contributed by atoms with Crippen LogP contribution >= 0.6 is 0 Å². The van der Waals surface area contributed by atoms with Crippen molar-refractivity contribution >= 4 is 32.4 Å². The number of carbonyl (C=O) groups excluding carboxylic acids is 1. The van der Waals surface area contributed by atoms with Crippen LogP contribution in [-0.4, -0.2) is 19.2 Å². The Morgan fingerprint density at radius 3 is 2.46 bits per heavy atom. The minimum absolute atomic E-state index is 0.130. The van der Waals surface area contributed by atoms with Crippen molar-refractivity contribution in [3.05, 3.63) is 58.8 Å². The number of hydrogen-bond acceptors (Lipinski definition) is 3. The number of aromatic nitrogens is 1. The smallest absolute Gasteiger partial charge is 0.262 e. The van der Waals surface area contributed by atoms with Crippen molar-refractivity contribution in [3.63, 3.8) is 0 Å². The van der Waals surface area contributed by atoms with E-state index in [1.165, 1.54) is 0 Å². The third-order valence-corrected chi connectivity index (χ3v) is 6.92. The number of aryl methyl sites for hydroxylation is 2. The molecule has 1 aliphatic carbocycles. The fourth-order valence-electron chi connectivity index (χ4n) is 3.88. The van der Waals surface area contributed by atoms with Crippen LogP contribution in [-0.2, 0) is 16.4 Å². The summed E-state index contributed by atoms with van der Waals surface area (Å²) in [6.07, 6.45) is 2.20. The molecule has 4 rings (SSSR count). The number of nitrogens with one attached hydrogen (secondary N) is 2. The number of aromatic amines is 1. The lowest BCUT2D eigenvalue weighted by atomic mass is 9.94. The average Bonchev–Trinajstić information content (AvgIpc) is 2.99. The summed E-state index contributed by atoms with van der Waals surface area (Å²) < 4.78 is 28.7. The molecule has 0 saturated carbocycles. The van der Waals surface area contributed by atoms with E-state index in [2.05, 4.69) is 23.6 Å². The number of H-pyrrole nitrogens is 1. The van der Waals surface area contributed by atoms with E-state index in [9.17, 15) is 13.2 Å². The van der Waals surface area contributed by atoms with Gasteiger partial charge in [0.05, 0.1) is 4.90 Å². The lowest BCUT2D eigenvalue weighted by Crippen LogP contribution is -2.14. The fraction of sp³-hybridized carbons (Fsp3) is 0.318. The summed E-state index contributed by atoms with van der Waals surface area (Å²) in [6.45, 7) is 5.96. The standard InChI is InChI=1S/C22H24N2O3S/c1-13(2)15-7-9-16(10-8-15)24-28(26,27)21-12-19-17(11-14(21)3)22-18(23-19)5-4-6-20(22)25/h7-13,23-24H,4-6H2,1-3H3. The maximum atomic E-state index is 13.0. The molecule has 0 radical (unpaired) electrons. The molecule has 28 heavy (non-hydrogen) atoms. The van der Waals surface area contributed by atoms with E-state index < -0.39 is 10.0 Å². The molecule has 1 heterocycles. The molecule has 3 aromatic rings. The summed E-state index contributed by atoms with van der Waals surface area (Å²) in [7, 11) is -3.74. The summed E-state index contributed by atoms with van der Waals surface area (Å²) in [6, 6.07) is 10.9. The quantitative estimate of drug-likeness (QED) is 0.657. The summed E-state index contributed by atoms with van der Waals surface area (Å²) in [5.74, 6) is 0.516. The monoisotopic (exact) mass is 396 g/mol. The SMILES string of the molecule is Cc1cc2c3c([nH]c2cc1S(=O)(=O)Nc1ccc(C(C)C)cc1)CCCC3=O. The maximum Gasteiger partial charge on any atom is 0.262 e. The van der Waals surface area contributed by atoms with Gasteiger partial charge in [0, 0.05) is 34.3 Å². The van der Waals surface area contributed by atoms with Crippen LogP contribution in [0.1, 0.15) is 59.8 Å². The molecule has 2 N–H and O–H groups in total. The summed E-state index contributed by atoms with van der Waals surface area (Å²) >= 11 is 0. The number of Topliss-reactive ketones (excluding diaryl/α,β-unsaturated/α-hetero) is 1. The molecule has 1 aliphatic rings. The van der Waals surface area contributed by atoms with Crippen molar-refractivity contribution in [2.24, 2.45) is 0 Å². The number of hydrogen-bond donors (Lipinski definition) is 2. The minimum atomic E-state index is -3.74. The van der Waals surface area contributed by atoms with Gasteiger partial charge < -0.3 is 4.98 Å². The van der Waals surface area contributed by atoms with Crippen molar-refractivity contribution in [2.45, 2.75) is 50.8 Å². The number of carbonyl (C=O) groups is 1.